The molecule has 1 aliphatic rings. The van der Waals surface area contributed by atoms with E-state index >= 15 is 0 Å². The maximum atomic E-state index is 11.6. The van der Waals surface area contributed by atoms with Gasteiger partial charge in [-0.25, -0.2) is 4.79 Å². The van der Waals surface area contributed by atoms with Gasteiger partial charge in [0.1, 0.15) is 12.9 Å². The number of carbonyl (C=O) groups excluding carboxylic acids is 2. The molecule has 1 aromatic rings. The van der Waals surface area contributed by atoms with E-state index in [-0.39, 0.29) is 6.61 Å². The first kappa shape index (κ1) is 12.6. The number of rotatable bonds is 4. The lowest BCUT2D eigenvalue weighted by Gasteiger charge is -2.22. The van der Waals surface area contributed by atoms with Crippen molar-refractivity contribution in [3.63, 3.8) is 0 Å². The van der Waals surface area contributed by atoms with E-state index in [4.69, 9.17) is 4.74 Å². The molecule has 1 amide bonds. The second-order valence-electron chi connectivity index (χ2n) is 4.67. The van der Waals surface area contributed by atoms with Gasteiger partial charge in [0.25, 0.3) is 0 Å². The van der Waals surface area contributed by atoms with E-state index in [2.05, 4.69) is 5.32 Å². The fraction of sp³-hybridized carbons (Fsp3) is 0.429. The van der Waals surface area contributed by atoms with Crippen LogP contribution in [0, 0.1) is 0 Å². The SMILES string of the molecule is O=CC1(NC(=O)OCc2ccccc2)CCCC1. The van der Waals surface area contributed by atoms with Gasteiger partial charge in [0.15, 0.2) is 0 Å². The molecule has 0 radical (unpaired) electrons. The Morgan fingerprint density at radius 3 is 2.56 bits per heavy atom. The monoisotopic (exact) mass is 247 g/mol. The summed E-state index contributed by atoms with van der Waals surface area (Å²) in [6.07, 6.45) is 3.67. The zero-order valence-corrected chi connectivity index (χ0v) is 10.2. The third-order valence-corrected chi connectivity index (χ3v) is 3.29. The van der Waals surface area contributed by atoms with Gasteiger partial charge in [-0.1, -0.05) is 43.2 Å². The van der Waals surface area contributed by atoms with Gasteiger partial charge in [-0.2, -0.15) is 0 Å². The van der Waals surface area contributed by atoms with Crippen LogP contribution in [0.15, 0.2) is 30.3 Å². The summed E-state index contributed by atoms with van der Waals surface area (Å²) in [5.74, 6) is 0. The lowest BCUT2D eigenvalue weighted by molar-refractivity contribution is -0.113. The van der Waals surface area contributed by atoms with Crippen molar-refractivity contribution in [2.45, 2.75) is 37.8 Å². The van der Waals surface area contributed by atoms with Crippen molar-refractivity contribution in [3.8, 4) is 0 Å². The van der Waals surface area contributed by atoms with Crippen molar-refractivity contribution >= 4 is 12.4 Å². The molecule has 0 spiro atoms. The second kappa shape index (κ2) is 5.67. The summed E-state index contributed by atoms with van der Waals surface area (Å²) in [6.45, 7) is 0.224. The highest BCUT2D eigenvalue weighted by atomic mass is 16.5. The second-order valence-corrected chi connectivity index (χ2v) is 4.67. The molecule has 2 rings (SSSR count). The summed E-state index contributed by atoms with van der Waals surface area (Å²) in [6, 6.07) is 9.46. The molecule has 1 aliphatic carbocycles. The predicted molar refractivity (Wildman–Crippen MR) is 67.0 cm³/mol. The molecule has 1 fully saturated rings. The summed E-state index contributed by atoms with van der Waals surface area (Å²) in [7, 11) is 0. The molecule has 0 aromatic heterocycles. The summed E-state index contributed by atoms with van der Waals surface area (Å²) in [4.78, 5) is 22.7. The molecule has 0 heterocycles. The first-order valence-corrected chi connectivity index (χ1v) is 6.19. The lowest BCUT2D eigenvalue weighted by Crippen LogP contribution is -2.47. The number of nitrogens with one attached hydrogen (secondary N) is 1. The number of amides is 1. The minimum atomic E-state index is -0.701. The maximum absolute atomic E-state index is 11.6. The zero-order valence-electron chi connectivity index (χ0n) is 10.2. The summed E-state index contributed by atoms with van der Waals surface area (Å²) in [5.41, 5.74) is 0.229. The number of hydrogen-bond acceptors (Lipinski definition) is 3. The normalized spacial score (nSPS) is 17.1. The molecule has 0 bridgehead atoms. The largest absolute Gasteiger partial charge is 0.445 e. The number of hydrogen-bond donors (Lipinski definition) is 1. The van der Waals surface area contributed by atoms with Gasteiger partial charge in [-0.15, -0.1) is 0 Å². The molecule has 0 saturated heterocycles. The Hall–Kier alpha value is -1.84. The number of alkyl carbamates (subject to hydrolysis) is 1. The van der Waals surface area contributed by atoms with Gasteiger partial charge in [0, 0.05) is 0 Å². The lowest BCUT2D eigenvalue weighted by atomic mass is 10.0. The van der Waals surface area contributed by atoms with Crippen molar-refractivity contribution in [1.82, 2.24) is 5.32 Å². The molecular weight excluding hydrogens is 230 g/mol. The van der Waals surface area contributed by atoms with Crippen molar-refractivity contribution < 1.29 is 14.3 Å². The van der Waals surface area contributed by atoms with Crippen molar-refractivity contribution in [2.24, 2.45) is 0 Å². The predicted octanol–water partition coefficient (Wildman–Crippen LogP) is 2.42. The minimum Gasteiger partial charge on any atom is -0.445 e. The fourth-order valence-corrected chi connectivity index (χ4v) is 2.24. The van der Waals surface area contributed by atoms with E-state index < -0.39 is 11.6 Å². The Bertz CT molecular complexity index is 410. The number of benzene rings is 1. The first-order chi connectivity index (χ1) is 8.74. The van der Waals surface area contributed by atoms with Crippen molar-refractivity contribution in [1.29, 1.82) is 0 Å². The molecular formula is C14H17NO3. The van der Waals surface area contributed by atoms with Crippen LogP contribution in [0.5, 0.6) is 0 Å². The Morgan fingerprint density at radius 2 is 1.94 bits per heavy atom. The van der Waals surface area contributed by atoms with Crippen LogP contribution < -0.4 is 5.32 Å². The minimum absolute atomic E-state index is 0.224. The van der Waals surface area contributed by atoms with Crippen LogP contribution >= 0.6 is 0 Å². The van der Waals surface area contributed by atoms with Crippen LogP contribution in [-0.2, 0) is 16.1 Å². The highest BCUT2D eigenvalue weighted by molar-refractivity contribution is 5.76. The molecule has 1 N–H and O–H groups in total. The number of aldehydes is 1. The molecule has 1 saturated carbocycles. The van der Waals surface area contributed by atoms with E-state index in [1.54, 1.807) is 0 Å². The third kappa shape index (κ3) is 3.09. The smallest absolute Gasteiger partial charge is 0.408 e. The van der Waals surface area contributed by atoms with E-state index in [0.29, 0.717) is 12.8 Å². The van der Waals surface area contributed by atoms with E-state index in [1.807, 2.05) is 30.3 Å². The topological polar surface area (TPSA) is 55.4 Å². The molecule has 0 unspecified atom stereocenters. The van der Waals surface area contributed by atoms with Crippen LogP contribution in [-0.4, -0.2) is 17.9 Å². The van der Waals surface area contributed by atoms with E-state index in [9.17, 15) is 9.59 Å². The summed E-state index contributed by atoms with van der Waals surface area (Å²) in [5, 5.41) is 2.68. The maximum Gasteiger partial charge on any atom is 0.408 e. The molecule has 1 aromatic carbocycles. The van der Waals surface area contributed by atoms with E-state index in [0.717, 1.165) is 24.7 Å². The highest BCUT2D eigenvalue weighted by Gasteiger charge is 2.35. The number of carbonyl (C=O) groups is 2. The number of ether oxygens (including phenoxy) is 1. The molecule has 96 valence electrons. The van der Waals surface area contributed by atoms with Crippen LogP contribution in [0.4, 0.5) is 4.79 Å². The quantitative estimate of drug-likeness (QED) is 0.831. The molecule has 0 aliphatic heterocycles. The van der Waals surface area contributed by atoms with Gasteiger partial charge in [0.2, 0.25) is 0 Å². The van der Waals surface area contributed by atoms with Gasteiger partial charge < -0.3 is 14.8 Å². The molecule has 0 atom stereocenters. The Kier molecular flexibility index (Phi) is 3.97. The average Bonchev–Trinajstić information content (AvgIpc) is 2.87. The highest BCUT2D eigenvalue weighted by Crippen LogP contribution is 2.27. The Labute approximate surface area is 106 Å². The average molecular weight is 247 g/mol. The van der Waals surface area contributed by atoms with Crippen molar-refractivity contribution in [3.05, 3.63) is 35.9 Å². The first-order valence-electron chi connectivity index (χ1n) is 6.19. The molecule has 4 nitrogen and oxygen atoms in total. The Balaban J connectivity index is 1.83. The Morgan fingerprint density at radius 1 is 1.28 bits per heavy atom. The van der Waals surface area contributed by atoms with Crippen LogP contribution in [0.25, 0.3) is 0 Å². The van der Waals surface area contributed by atoms with Crippen LogP contribution in [0.2, 0.25) is 0 Å². The summed E-state index contributed by atoms with van der Waals surface area (Å²) < 4.78 is 5.11. The fourth-order valence-electron chi connectivity index (χ4n) is 2.24. The van der Waals surface area contributed by atoms with Gasteiger partial charge in [0.05, 0.1) is 5.54 Å². The van der Waals surface area contributed by atoms with E-state index in [1.165, 1.54) is 0 Å². The van der Waals surface area contributed by atoms with Crippen LogP contribution in [0.1, 0.15) is 31.2 Å². The standard InChI is InChI=1S/C14H17NO3/c16-11-14(8-4-5-9-14)15-13(17)18-10-12-6-2-1-3-7-12/h1-3,6-7,11H,4-5,8-10H2,(H,15,17). The van der Waals surface area contributed by atoms with Gasteiger partial charge >= 0.3 is 6.09 Å². The van der Waals surface area contributed by atoms with Crippen LogP contribution in [0.3, 0.4) is 0 Å². The third-order valence-electron chi connectivity index (χ3n) is 3.29. The molecule has 4 heteroatoms. The zero-order chi connectivity index (χ0) is 12.8. The summed E-state index contributed by atoms with van der Waals surface area (Å²) >= 11 is 0. The molecule has 18 heavy (non-hydrogen) atoms. The van der Waals surface area contributed by atoms with Gasteiger partial charge in [-0.05, 0) is 18.4 Å². The van der Waals surface area contributed by atoms with Crippen molar-refractivity contribution in [2.75, 3.05) is 0 Å². The van der Waals surface area contributed by atoms with Gasteiger partial charge in [-0.3, -0.25) is 0 Å².